The summed E-state index contributed by atoms with van der Waals surface area (Å²) in [6.45, 7) is 6.23. The highest BCUT2D eigenvalue weighted by atomic mass is 35.5. The van der Waals surface area contributed by atoms with E-state index in [1.54, 1.807) is 19.2 Å². The van der Waals surface area contributed by atoms with Gasteiger partial charge in [-0.1, -0.05) is 11.6 Å². The largest absolute Gasteiger partial charge is 0.459 e. The lowest BCUT2D eigenvalue weighted by Gasteiger charge is -2.58. The van der Waals surface area contributed by atoms with Crippen molar-refractivity contribution in [1.29, 1.82) is 0 Å². The Morgan fingerprint density at radius 2 is 2.03 bits per heavy atom. The normalized spacial score (nSPS) is 28.1. The summed E-state index contributed by atoms with van der Waals surface area (Å²) in [6, 6.07) is 5.52. The maximum Gasteiger partial charge on any atom is 0.327 e. The fraction of sp³-hybridized carbons (Fsp3) is 0.542. The van der Waals surface area contributed by atoms with Gasteiger partial charge in [-0.15, -0.1) is 0 Å². The van der Waals surface area contributed by atoms with Crippen LogP contribution in [0.3, 0.4) is 0 Å². The molecule has 1 N–H and O–H groups in total. The first-order valence-electron chi connectivity index (χ1n) is 11.5. The number of ether oxygens (including phenoxy) is 2. The fourth-order valence-corrected chi connectivity index (χ4v) is 5.70. The van der Waals surface area contributed by atoms with Gasteiger partial charge in [0.15, 0.2) is 0 Å². The van der Waals surface area contributed by atoms with Crippen LogP contribution >= 0.6 is 11.6 Å². The SMILES string of the molecule is CNC(=O)c1cc(-c2cc([C@H]3OC[C@@H]4CC5(C(=O)OC(C)(C)C)CC[C@H]3N45)cc(Cl)n2)ncn1. The van der Waals surface area contributed by atoms with Gasteiger partial charge in [0.2, 0.25) is 0 Å². The topological polar surface area (TPSA) is 107 Å². The molecule has 0 aliphatic carbocycles. The van der Waals surface area contributed by atoms with Gasteiger partial charge in [0.05, 0.1) is 24.1 Å². The molecule has 34 heavy (non-hydrogen) atoms. The summed E-state index contributed by atoms with van der Waals surface area (Å²) in [5.41, 5.74) is 1.03. The Hall–Kier alpha value is -2.62. The first kappa shape index (κ1) is 23.1. The molecule has 0 bridgehead atoms. The molecule has 2 aromatic heterocycles. The maximum atomic E-state index is 13.1. The fourth-order valence-electron chi connectivity index (χ4n) is 5.48. The van der Waals surface area contributed by atoms with Gasteiger partial charge < -0.3 is 14.8 Å². The Morgan fingerprint density at radius 1 is 1.24 bits per heavy atom. The van der Waals surface area contributed by atoms with Crippen LogP contribution in [0.5, 0.6) is 0 Å². The number of morpholine rings is 1. The molecule has 10 heteroatoms. The minimum Gasteiger partial charge on any atom is -0.459 e. The zero-order chi connectivity index (χ0) is 24.3. The van der Waals surface area contributed by atoms with E-state index in [1.165, 1.54) is 6.33 Å². The molecule has 9 nitrogen and oxygen atoms in total. The molecule has 3 fully saturated rings. The molecule has 1 amide bonds. The van der Waals surface area contributed by atoms with Crippen molar-refractivity contribution in [3.8, 4) is 11.4 Å². The van der Waals surface area contributed by atoms with Gasteiger partial charge in [-0.2, -0.15) is 0 Å². The van der Waals surface area contributed by atoms with Gasteiger partial charge in [0.25, 0.3) is 5.91 Å². The van der Waals surface area contributed by atoms with Crippen LogP contribution in [0.2, 0.25) is 5.15 Å². The molecule has 4 atom stereocenters. The number of esters is 1. The number of halogens is 1. The van der Waals surface area contributed by atoms with E-state index < -0.39 is 11.1 Å². The summed E-state index contributed by atoms with van der Waals surface area (Å²) in [7, 11) is 1.54. The quantitative estimate of drug-likeness (QED) is 0.520. The summed E-state index contributed by atoms with van der Waals surface area (Å²) in [5.74, 6) is -0.453. The predicted octanol–water partition coefficient (Wildman–Crippen LogP) is 2.94. The third-order valence-electron chi connectivity index (χ3n) is 6.80. The summed E-state index contributed by atoms with van der Waals surface area (Å²) in [6.07, 6.45) is 3.40. The molecular formula is C24H28ClN5O4. The predicted molar refractivity (Wildman–Crippen MR) is 124 cm³/mol. The van der Waals surface area contributed by atoms with Crippen LogP contribution in [0.25, 0.3) is 11.4 Å². The number of pyridine rings is 1. The number of hydrogen-bond acceptors (Lipinski definition) is 8. The monoisotopic (exact) mass is 485 g/mol. The molecule has 1 unspecified atom stereocenters. The second kappa shape index (κ2) is 8.25. The standard InChI is InChI=1S/C24H28ClN5O4/c1-23(2,3)34-22(32)24-6-5-18-20(33-11-14(10-24)30(18)24)13-7-16(29-19(25)8-13)15-9-17(21(31)26-4)28-12-27-15/h7-9,12,14,18,20H,5-6,10-11H2,1-4H3,(H,26,31)/t14-,18+,20+,24?/m0/s1. The van der Waals surface area contributed by atoms with Crippen molar-refractivity contribution in [3.05, 3.63) is 40.9 Å². The van der Waals surface area contributed by atoms with Crippen molar-refractivity contribution < 1.29 is 19.1 Å². The van der Waals surface area contributed by atoms with Crippen LogP contribution in [0.15, 0.2) is 24.5 Å². The van der Waals surface area contributed by atoms with Gasteiger partial charge in [0, 0.05) is 19.1 Å². The van der Waals surface area contributed by atoms with E-state index in [0.29, 0.717) is 23.1 Å². The Balaban J connectivity index is 1.44. The van der Waals surface area contributed by atoms with E-state index in [2.05, 4.69) is 25.2 Å². The number of aromatic nitrogens is 3. The van der Waals surface area contributed by atoms with Gasteiger partial charge in [-0.3, -0.25) is 14.5 Å². The van der Waals surface area contributed by atoms with Crippen LogP contribution in [0.4, 0.5) is 0 Å². The van der Waals surface area contributed by atoms with Crippen molar-refractivity contribution in [2.75, 3.05) is 13.7 Å². The molecule has 5 rings (SSSR count). The summed E-state index contributed by atoms with van der Waals surface area (Å²) in [5, 5.41) is 2.86. The molecule has 5 heterocycles. The first-order valence-corrected chi connectivity index (χ1v) is 11.8. The zero-order valence-electron chi connectivity index (χ0n) is 19.7. The number of nitrogens with zero attached hydrogens (tertiary/aromatic N) is 4. The number of carbonyl (C=O) groups is 2. The molecule has 0 spiro atoms. The Kier molecular flexibility index (Phi) is 5.61. The van der Waals surface area contributed by atoms with Crippen molar-refractivity contribution in [2.45, 2.75) is 69.4 Å². The van der Waals surface area contributed by atoms with Gasteiger partial charge >= 0.3 is 5.97 Å². The average Bonchev–Trinajstić information content (AvgIpc) is 3.13. The molecular weight excluding hydrogens is 458 g/mol. The van der Waals surface area contributed by atoms with Crippen LogP contribution < -0.4 is 5.32 Å². The third kappa shape index (κ3) is 3.85. The Morgan fingerprint density at radius 3 is 2.76 bits per heavy atom. The summed E-state index contributed by atoms with van der Waals surface area (Å²) in [4.78, 5) is 40.2. The van der Waals surface area contributed by atoms with Crippen LogP contribution in [-0.2, 0) is 14.3 Å². The second-order valence-electron chi connectivity index (χ2n) is 10.1. The minimum absolute atomic E-state index is 0.0400. The lowest BCUT2D eigenvalue weighted by Crippen LogP contribution is -2.73. The van der Waals surface area contributed by atoms with E-state index in [1.807, 2.05) is 26.8 Å². The molecule has 2 aromatic rings. The van der Waals surface area contributed by atoms with Crippen LogP contribution in [-0.4, -0.2) is 68.6 Å². The number of amides is 1. The van der Waals surface area contributed by atoms with Crippen molar-refractivity contribution in [1.82, 2.24) is 25.2 Å². The van der Waals surface area contributed by atoms with E-state index in [4.69, 9.17) is 21.1 Å². The van der Waals surface area contributed by atoms with E-state index in [-0.39, 0.29) is 35.8 Å². The minimum atomic E-state index is -0.570. The summed E-state index contributed by atoms with van der Waals surface area (Å²) >= 11 is 6.40. The van der Waals surface area contributed by atoms with Crippen molar-refractivity contribution in [3.63, 3.8) is 0 Å². The van der Waals surface area contributed by atoms with Crippen molar-refractivity contribution in [2.24, 2.45) is 0 Å². The van der Waals surface area contributed by atoms with Crippen LogP contribution in [0.1, 0.15) is 62.2 Å². The number of nitrogens with one attached hydrogen (secondary N) is 1. The molecule has 0 aromatic carbocycles. The molecule has 3 aliphatic rings. The first-order chi connectivity index (χ1) is 16.1. The smallest absolute Gasteiger partial charge is 0.327 e. The lowest BCUT2D eigenvalue weighted by molar-refractivity contribution is -0.211. The zero-order valence-corrected chi connectivity index (χ0v) is 20.4. The number of rotatable bonds is 4. The Bertz CT molecular complexity index is 1150. The molecule has 0 radical (unpaired) electrons. The Labute approximate surface area is 203 Å². The second-order valence-corrected chi connectivity index (χ2v) is 10.5. The van der Waals surface area contributed by atoms with Gasteiger partial charge in [-0.25, -0.2) is 15.0 Å². The lowest BCUT2D eigenvalue weighted by atomic mass is 9.78. The highest BCUT2D eigenvalue weighted by molar-refractivity contribution is 6.29. The molecule has 0 saturated carbocycles. The number of carbonyl (C=O) groups excluding carboxylic acids is 2. The van der Waals surface area contributed by atoms with Gasteiger partial charge in [-0.05, 0) is 63.8 Å². The third-order valence-corrected chi connectivity index (χ3v) is 7.00. The maximum absolute atomic E-state index is 13.1. The highest BCUT2D eigenvalue weighted by Crippen LogP contribution is 2.55. The summed E-state index contributed by atoms with van der Waals surface area (Å²) < 4.78 is 12.1. The molecule has 3 aliphatic heterocycles. The van der Waals surface area contributed by atoms with E-state index in [9.17, 15) is 9.59 Å². The van der Waals surface area contributed by atoms with Gasteiger partial charge in [0.1, 0.15) is 28.3 Å². The molecule has 3 saturated heterocycles. The average molecular weight is 486 g/mol. The molecule has 180 valence electrons. The van der Waals surface area contributed by atoms with E-state index >= 15 is 0 Å². The van der Waals surface area contributed by atoms with E-state index in [0.717, 1.165) is 24.8 Å². The van der Waals surface area contributed by atoms with Crippen LogP contribution in [0, 0.1) is 0 Å². The number of hydrogen-bond donors (Lipinski definition) is 1. The van der Waals surface area contributed by atoms with Crippen molar-refractivity contribution >= 4 is 23.5 Å². The highest BCUT2D eigenvalue weighted by Gasteiger charge is 2.67.